The van der Waals surface area contributed by atoms with Crippen LogP contribution < -0.4 is 5.32 Å². The van der Waals surface area contributed by atoms with E-state index in [-0.39, 0.29) is 18.6 Å². The van der Waals surface area contributed by atoms with Crippen LogP contribution in [0.5, 0.6) is 0 Å². The fourth-order valence-corrected chi connectivity index (χ4v) is 2.64. The number of hydrogen-bond acceptors (Lipinski definition) is 5. The van der Waals surface area contributed by atoms with E-state index in [9.17, 15) is 13.2 Å². The smallest absolute Gasteiger partial charge is 0.372 e. The number of rotatable bonds is 7. The van der Waals surface area contributed by atoms with Crippen molar-refractivity contribution in [3.63, 3.8) is 0 Å². The SMILES string of the molecule is CCCC1(c2nc(CCOCC(F)(F)F)no2)CCCN1. The molecular formula is C13H20F3N3O2. The van der Waals surface area contributed by atoms with Crippen LogP contribution in [-0.2, 0) is 16.7 Å². The number of alkyl halides is 3. The van der Waals surface area contributed by atoms with Gasteiger partial charge < -0.3 is 14.6 Å². The molecule has 0 spiro atoms. The molecule has 0 aliphatic carbocycles. The molecule has 0 bridgehead atoms. The van der Waals surface area contributed by atoms with E-state index in [0.29, 0.717) is 11.7 Å². The van der Waals surface area contributed by atoms with Crippen molar-refractivity contribution in [2.24, 2.45) is 0 Å². The molecule has 1 fully saturated rings. The van der Waals surface area contributed by atoms with Crippen LogP contribution in [0.1, 0.15) is 44.3 Å². The van der Waals surface area contributed by atoms with E-state index in [1.165, 1.54) is 0 Å². The highest BCUT2D eigenvalue weighted by Crippen LogP contribution is 2.34. The van der Waals surface area contributed by atoms with Gasteiger partial charge >= 0.3 is 6.18 Å². The minimum atomic E-state index is -4.30. The van der Waals surface area contributed by atoms with Crippen molar-refractivity contribution in [1.82, 2.24) is 15.5 Å². The average Bonchev–Trinajstić information content (AvgIpc) is 3.03. The molecule has 1 aromatic rings. The highest BCUT2D eigenvalue weighted by atomic mass is 19.4. The maximum Gasteiger partial charge on any atom is 0.411 e. The Kier molecular flexibility index (Phi) is 5.21. The Morgan fingerprint density at radius 1 is 1.43 bits per heavy atom. The van der Waals surface area contributed by atoms with Gasteiger partial charge in [-0.1, -0.05) is 18.5 Å². The van der Waals surface area contributed by atoms with Gasteiger partial charge in [-0.3, -0.25) is 0 Å². The number of nitrogens with one attached hydrogen (secondary N) is 1. The van der Waals surface area contributed by atoms with Crippen LogP contribution >= 0.6 is 0 Å². The molecule has 5 nitrogen and oxygen atoms in total. The Labute approximate surface area is 121 Å². The van der Waals surface area contributed by atoms with Crippen LogP contribution in [0, 0.1) is 0 Å². The van der Waals surface area contributed by atoms with Crippen molar-refractivity contribution in [3.05, 3.63) is 11.7 Å². The van der Waals surface area contributed by atoms with Gasteiger partial charge in [-0.05, 0) is 25.8 Å². The van der Waals surface area contributed by atoms with E-state index in [1.54, 1.807) is 0 Å². The molecule has 1 N–H and O–H groups in total. The second-order valence-corrected chi connectivity index (χ2v) is 5.30. The van der Waals surface area contributed by atoms with Crippen molar-refractivity contribution >= 4 is 0 Å². The average molecular weight is 307 g/mol. The molecule has 1 aliphatic rings. The topological polar surface area (TPSA) is 60.2 Å². The van der Waals surface area contributed by atoms with E-state index < -0.39 is 12.8 Å². The monoisotopic (exact) mass is 307 g/mol. The summed E-state index contributed by atoms with van der Waals surface area (Å²) in [6, 6.07) is 0. The minimum Gasteiger partial charge on any atom is -0.372 e. The van der Waals surface area contributed by atoms with Gasteiger partial charge in [-0.25, -0.2) is 0 Å². The summed E-state index contributed by atoms with van der Waals surface area (Å²) in [7, 11) is 0. The van der Waals surface area contributed by atoms with E-state index in [1.807, 2.05) is 0 Å². The third kappa shape index (κ3) is 4.41. The van der Waals surface area contributed by atoms with Gasteiger partial charge in [-0.15, -0.1) is 0 Å². The molecule has 2 rings (SSSR count). The molecule has 120 valence electrons. The Morgan fingerprint density at radius 2 is 2.24 bits per heavy atom. The quantitative estimate of drug-likeness (QED) is 0.785. The van der Waals surface area contributed by atoms with Crippen LogP contribution in [0.15, 0.2) is 4.52 Å². The van der Waals surface area contributed by atoms with E-state index in [2.05, 4.69) is 27.1 Å². The lowest BCUT2D eigenvalue weighted by Gasteiger charge is -2.24. The van der Waals surface area contributed by atoms with E-state index in [0.717, 1.165) is 32.2 Å². The van der Waals surface area contributed by atoms with Crippen molar-refractivity contribution in [3.8, 4) is 0 Å². The van der Waals surface area contributed by atoms with Gasteiger partial charge in [0.15, 0.2) is 5.82 Å². The third-order valence-electron chi connectivity index (χ3n) is 3.53. The summed E-state index contributed by atoms with van der Waals surface area (Å²) in [5, 5.41) is 7.25. The predicted molar refractivity (Wildman–Crippen MR) is 68.7 cm³/mol. The second kappa shape index (κ2) is 6.74. The number of nitrogens with zero attached hydrogens (tertiary/aromatic N) is 2. The van der Waals surface area contributed by atoms with Crippen LogP contribution in [0.2, 0.25) is 0 Å². The molecule has 0 radical (unpaired) electrons. The lowest BCUT2D eigenvalue weighted by Crippen LogP contribution is -2.37. The first-order valence-corrected chi connectivity index (χ1v) is 7.18. The van der Waals surface area contributed by atoms with Crippen molar-refractivity contribution in [2.45, 2.75) is 50.7 Å². The summed E-state index contributed by atoms with van der Waals surface area (Å²) in [5.41, 5.74) is -0.271. The van der Waals surface area contributed by atoms with Gasteiger partial charge in [0.2, 0.25) is 5.89 Å². The number of hydrogen-bond donors (Lipinski definition) is 1. The predicted octanol–water partition coefficient (Wildman–Crippen LogP) is 2.57. The summed E-state index contributed by atoms with van der Waals surface area (Å²) in [4.78, 5) is 4.32. The summed E-state index contributed by atoms with van der Waals surface area (Å²) >= 11 is 0. The second-order valence-electron chi connectivity index (χ2n) is 5.30. The molecule has 1 aliphatic heterocycles. The zero-order valence-corrected chi connectivity index (χ0v) is 12.0. The van der Waals surface area contributed by atoms with Gasteiger partial charge in [0, 0.05) is 6.42 Å². The third-order valence-corrected chi connectivity index (χ3v) is 3.53. The Morgan fingerprint density at radius 3 is 2.86 bits per heavy atom. The van der Waals surface area contributed by atoms with Crippen LogP contribution in [-0.4, -0.2) is 36.1 Å². The molecule has 2 heterocycles. The Hall–Kier alpha value is -1.15. The maximum atomic E-state index is 11.9. The van der Waals surface area contributed by atoms with E-state index >= 15 is 0 Å². The lowest BCUT2D eigenvalue weighted by molar-refractivity contribution is -0.173. The fraction of sp³-hybridized carbons (Fsp3) is 0.846. The van der Waals surface area contributed by atoms with Crippen molar-refractivity contribution < 1.29 is 22.4 Å². The number of aromatic nitrogens is 2. The molecule has 1 unspecified atom stereocenters. The maximum absolute atomic E-state index is 11.9. The number of halogens is 3. The van der Waals surface area contributed by atoms with Gasteiger partial charge in [-0.2, -0.15) is 18.2 Å². The largest absolute Gasteiger partial charge is 0.411 e. The first-order valence-electron chi connectivity index (χ1n) is 7.18. The molecule has 1 saturated heterocycles. The summed E-state index contributed by atoms with van der Waals surface area (Å²) in [5.74, 6) is 0.920. The first kappa shape index (κ1) is 16.2. The molecule has 8 heteroatoms. The Balaban J connectivity index is 1.88. The zero-order valence-electron chi connectivity index (χ0n) is 12.0. The van der Waals surface area contributed by atoms with E-state index in [4.69, 9.17) is 4.52 Å². The molecular weight excluding hydrogens is 287 g/mol. The van der Waals surface area contributed by atoms with Crippen molar-refractivity contribution in [2.75, 3.05) is 19.8 Å². The lowest BCUT2D eigenvalue weighted by atomic mass is 9.92. The molecule has 1 aromatic heterocycles. The van der Waals surface area contributed by atoms with Gasteiger partial charge in [0.05, 0.1) is 12.1 Å². The first-order chi connectivity index (χ1) is 9.95. The van der Waals surface area contributed by atoms with Crippen LogP contribution in [0.4, 0.5) is 13.2 Å². The zero-order chi connectivity index (χ0) is 15.3. The highest BCUT2D eigenvalue weighted by molar-refractivity contribution is 5.06. The summed E-state index contributed by atoms with van der Waals surface area (Å²) < 4.78 is 45.7. The normalized spacial score (nSPS) is 22.9. The van der Waals surface area contributed by atoms with Gasteiger partial charge in [0.25, 0.3) is 0 Å². The minimum absolute atomic E-state index is 0.0767. The highest BCUT2D eigenvalue weighted by Gasteiger charge is 2.39. The van der Waals surface area contributed by atoms with Crippen LogP contribution in [0.25, 0.3) is 0 Å². The number of ether oxygens (including phenoxy) is 1. The molecule has 0 saturated carbocycles. The van der Waals surface area contributed by atoms with Gasteiger partial charge in [0.1, 0.15) is 6.61 Å². The molecule has 0 aromatic carbocycles. The van der Waals surface area contributed by atoms with Crippen molar-refractivity contribution in [1.29, 1.82) is 0 Å². The molecule has 1 atom stereocenters. The van der Waals surface area contributed by atoms with Crippen LogP contribution in [0.3, 0.4) is 0 Å². The Bertz CT molecular complexity index is 442. The standard InChI is InChI=1S/C13H20F3N3O2/c1-2-5-12(6-3-7-17-12)11-18-10(19-21-11)4-8-20-9-13(14,15)16/h17H,2-9H2,1H3. The fourth-order valence-electron chi connectivity index (χ4n) is 2.64. The molecule has 21 heavy (non-hydrogen) atoms. The summed E-state index contributed by atoms with van der Waals surface area (Å²) in [6.07, 6.45) is -0.221. The molecule has 0 amide bonds. The summed E-state index contributed by atoms with van der Waals surface area (Å²) in [6.45, 7) is 1.67.